The van der Waals surface area contributed by atoms with Gasteiger partial charge in [0.25, 0.3) is 0 Å². The lowest BCUT2D eigenvalue weighted by Gasteiger charge is -2.08. The smallest absolute Gasteiger partial charge is 0.234 e. The molecule has 3 N–H and O–H groups in total. The molecule has 0 unspecified atom stereocenters. The fourth-order valence-electron chi connectivity index (χ4n) is 1.55. The van der Waals surface area contributed by atoms with E-state index in [0.717, 1.165) is 8.95 Å². The number of rotatable bonds is 4. The third-order valence-electron chi connectivity index (χ3n) is 2.54. The monoisotopic (exact) mass is 432 g/mol. The zero-order valence-electron chi connectivity index (χ0n) is 10.7. The van der Waals surface area contributed by atoms with Gasteiger partial charge < -0.3 is 11.1 Å². The molecule has 7 heteroatoms. The maximum absolute atomic E-state index is 13.1. The first-order valence-corrected chi connectivity index (χ1v) is 8.45. The Morgan fingerprint density at radius 3 is 2.71 bits per heavy atom. The minimum absolute atomic E-state index is 0.149. The molecule has 2 aromatic rings. The lowest BCUT2D eigenvalue weighted by Crippen LogP contribution is -2.14. The van der Waals surface area contributed by atoms with Crippen LogP contribution in [-0.4, -0.2) is 11.7 Å². The van der Waals surface area contributed by atoms with Crippen LogP contribution < -0.4 is 11.1 Å². The summed E-state index contributed by atoms with van der Waals surface area (Å²) in [5.41, 5.74) is 6.87. The molecule has 0 saturated heterocycles. The summed E-state index contributed by atoms with van der Waals surface area (Å²) >= 11 is 7.91. The molecule has 0 heterocycles. The number of nitrogen functional groups attached to an aromatic ring is 1. The molecule has 21 heavy (non-hydrogen) atoms. The van der Waals surface area contributed by atoms with Crippen LogP contribution in [0.2, 0.25) is 0 Å². The predicted molar refractivity (Wildman–Crippen MR) is 92.0 cm³/mol. The summed E-state index contributed by atoms with van der Waals surface area (Å²) in [5.74, 6) is -0.412. The highest BCUT2D eigenvalue weighted by atomic mass is 79.9. The van der Waals surface area contributed by atoms with Crippen LogP contribution in [0.4, 0.5) is 15.8 Å². The Hall–Kier alpha value is -1.05. The van der Waals surface area contributed by atoms with Crippen molar-refractivity contribution in [3.05, 3.63) is 51.2 Å². The number of thioether (sulfide) groups is 1. The summed E-state index contributed by atoms with van der Waals surface area (Å²) in [6, 6.07) is 9.56. The fourth-order valence-corrected chi connectivity index (χ4v) is 3.49. The molecule has 0 aromatic heterocycles. The maximum atomic E-state index is 13.1. The summed E-state index contributed by atoms with van der Waals surface area (Å²) in [6.07, 6.45) is 0. The molecule has 0 aliphatic heterocycles. The van der Waals surface area contributed by atoms with Crippen molar-refractivity contribution in [2.75, 3.05) is 16.8 Å². The van der Waals surface area contributed by atoms with Crippen molar-refractivity contribution in [2.24, 2.45) is 0 Å². The van der Waals surface area contributed by atoms with E-state index in [1.807, 2.05) is 12.1 Å². The third-order valence-corrected chi connectivity index (χ3v) is 4.76. The SMILES string of the molecule is Nc1ccc(F)cc1SCC(=O)Nc1ccc(Br)cc1Br. The first-order chi connectivity index (χ1) is 9.95. The van der Waals surface area contributed by atoms with E-state index in [-0.39, 0.29) is 17.5 Å². The van der Waals surface area contributed by atoms with E-state index in [1.165, 1.54) is 30.0 Å². The maximum Gasteiger partial charge on any atom is 0.234 e. The van der Waals surface area contributed by atoms with Crippen LogP contribution in [0.5, 0.6) is 0 Å². The fraction of sp³-hybridized carbons (Fsp3) is 0.0714. The van der Waals surface area contributed by atoms with Crippen molar-refractivity contribution in [2.45, 2.75) is 4.90 Å². The normalized spacial score (nSPS) is 10.4. The number of nitrogens with one attached hydrogen (secondary N) is 1. The lowest BCUT2D eigenvalue weighted by atomic mass is 10.3. The van der Waals surface area contributed by atoms with Crippen molar-refractivity contribution < 1.29 is 9.18 Å². The molecule has 0 atom stereocenters. The Morgan fingerprint density at radius 2 is 2.00 bits per heavy atom. The van der Waals surface area contributed by atoms with Crippen molar-refractivity contribution in [3.8, 4) is 0 Å². The zero-order chi connectivity index (χ0) is 15.4. The van der Waals surface area contributed by atoms with Gasteiger partial charge in [-0.15, -0.1) is 11.8 Å². The molecule has 0 bridgehead atoms. The van der Waals surface area contributed by atoms with Gasteiger partial charge in [-0.25, -0.2) is 4.39 Å². The number of amides is 1. The van der Waals surface area contributed by atoms with E-state index in [9.17, 15) is 9.18 Å². The minimum atomic E-state index is -0.372. The second-order valence-electron chi connectivity index (χ2n) is 4.14. The highest BCUT2D eigenvalue weighted by molar-refractivity contribution is 9.11. The van der Waals surface area contributed by atoms with Crippen LogP contribution in [0.25, 0.3) is 0 Å². The van der Waals surface area contributed by atoms with Gasteiger partial charge in [-0.1, -0.05) is 15.9 Å². The first kappa shape index (κ1) is 16.3. The second-order valence-corrected chi connectivity index (χ2v) is 6.93. The molecule has 3 nitrogen and oxygen atoms in total. The van der Waals surface area contributed by atoms with Crippen LogP contribution in [0.1, 0.15) is 0 Å². The first-order valence-electron chi connectivity index (χ1n) is 5.88. The predicted octanol–water partition coefficient (Wildman–Crippen LogP) is 4.66. The van der Waals surface area contributed by atoms with Crippen LogP contribution in [0.15, 0.2) is 50.2 Å². The molecule has 0 radical (unpaired) electrons. The van der Waals surface area contributed by atoms with Crippen LogP contribution >= 0.6 is 43.6 Å². The minimum Gasteiger partial charge on any atom is -0.398 e. The van der Waals surface area contributed by atoms with Crippen LogP contribution in [0.3, 0.4) is 0 Å². The average molecular weight is 434 g/mol. The Morgan fingerprint density at radius 1 is 1.24 bits per heavy atom. The van der Waals surface area contributed by atoms with Gasteiger partial charge in [0.1, 0.15) is 5.82 Å². The third kappa shape index (κ3) is 4.72. The number of nitrogens with two attached hydrogens (primary N) is 1. The van der Waals surface area contributed by atoms with E-state index in [1.54, 1.807) is 6.07 Å². The summed E-state index contributed by atoms with van der Waals surface area (Å²) in [6.45, 7) is 0. The summed E-state index contributed by atoms with van der Waals surface area (Å²) < 4.78 is 14.8. The van der Waals surface area contributed by atoms with Gasteiger partial charge in [0.05, 0.1) is 11.4 Å². The number of halogens is 3. The van der Waals surface area contributed by atoms with Crippen molar-refractivity contribution in [3.63, 3.8) is 0 Å². The van der Waals surface area contributed by atoms with Crippen LogP contribution in [0, 0.1) is 5.82 Å². The molecule has 2 rings (SSSR count). The molecule has 0 aliphatic rings. The van der Waals surface area contributed by atoms with E-state index < -0.39 is 0 Å². The van der Waals surface area contributed by atoms with Crippen molar-refractivity contribution in [1.29, 1.82) is 0 Å². The topological polar surface area (TPSA) is 55.1 Å². The van der Waals surface area contributed by atoms with Gasteiger partial charge in [-0.3, -0.25) is 4.79 Å². The van der Waals surface area contributed by atoms with E-state index in [4.69, 9.17) is 5.73 Å². The highest BCUT2D eigenvalue weighted by Gasteiger charge is 2.09. The summed E-state index contributed by atoms with van der Waals surface area (Å²) in [5, 5.41) is 2.78. The van der Waals surface area contributed by atoms with Crippen molar-refractivity contribution in [1.82, 2.24) is 0 Å². The Balaban J connectivity index is 1.97. The molecule has 110 valence electrons. The number of anilines is 2. The molecule has 0 fully saturated rings. The van der Waals surface area contributed by atoms with E-state index in [0.29, 0.717) is 16.3 Å². The Labute approximate surface area is 142 Å². The standard InChI is InChI=1S/C14H11Br2FN2OS/c15-8-1-4-12(10(16)5-8)19-14(20)7-21-13-6-9(17)2-3-11(13)18/h1-6H,7,18H2,(H,19,20). The van der Waals surface area contributed by atoms with Crippen molar-refractivity contribution >= 4 is 60.9 Å². The lowest BCUT2D eigenvalue weighted by molar-refractivity contribution is -0.113. The molecule has 0 aliphatic carbocycles. The van der Waals surface area contributed by atoms with Gasteiger partial charge in [0, 0.05) is 19.5 Å². The molecule has 0 saturated carbocycles. The van der Waals surface area contributed by atoms with Crippen LogP contribution in [-0.2, 0) is 4.79 Å². The van der Waals surface area contributed by atoms with Gasteiger partial charge in [0.2, 0.25) is 5.91 Å². The zero-order valence-corrected chi connectivity index (χ0v) is 14.7. The average Bonchev–Trinajstić information content (AvgIpc) is 2.43. The van der Waals surface area contributed by atoms with Gasteiger partial charge in [0.15, 0.2) is 0 Å². The number of carbonyl (C=O) groups excluding carboxylic acids is 1. The Kier molecular flexibility index (Phi) is 5.66. The Bertz CT molecular complexity index is 682. The van der Waals surface area contributed by atoms with Gasteiger partial charge in [-0.2, -0.15) is 0 Å². The molecular weight excluding hydrogens is 423 g/mol. The largest absolute Gasteiger partial charge is 0.398 e. The molecule has 1 amide bonds. The number of hydrogen-bond donors (Lipinski definition) is 2. The molecular formula is C14H11Br2FN2OS. The second kappa shape index (κ2) is 7.29. The number of carbonyl (C=O) groups is 1. The van der Waals surface area contributed by atoms with E-state index >= 15 is 0 Å². The van der Waals surface area contributed by atoms with Gasteiger partial charge in [-0.05, 0) is 52.3 Å². The molecule has 0 spiro atoms. The summed E-state index contributed by atoms with van der Waals surface area (Å²) in [7, 11) is 0. The van der Waals surface area contributed by atoms with Gasteiger partial charge >= 0.3 is 0 Å². The summed E-state index contributed by atoms with van der Waals surface area (Å²) in [4.78, 5) is 12.5. The number of benzene rings is 2. The highest BCUT2D eigenvalue weighted by Crippen LogP contribution is 2.28. The quantitative estimate of drug-likeness (QED) is 0.544. The molecule has 2 aromatic carbocycles. The number of hydrogen-bond acceptors (Lipinski definition) is 3. The van der Waals surface area contributed by atoms with E-state index in [2.05, 4.69) is 37.2 Å².